The van der Waals surface area contributed by atoms with Crippen molar-refractivity contribution < 1.29 is 4.99 Å². The third-order valence-corrected chi connectivity index (χ3v) is 1.28. The molecule has 0 aromatic carbocycles. The Morgan fingerprint density at radius 2 is 2.00 bits per heavy atom. The van der Waals surface area contributed by atoms with Crippen LogP contribution in [0.1, 0.15) is 13.8 Å². The van der Waals surface area contributed by atoms with Gasteiger partial charge in [-0.2, -0.15) is 0 Å². The van der Waals surface area contributed by atoms with Crippen molar-refractivity contribution >= 4 is 6.21 Å². The average molecular weight is 122 g/mol. The number of nitrogens with one attached hydrogen (secondary N) is 1. The molecule has 0 aromatic rings. The van der Waals surface area contributed by atoms with Gasteiger partial charge >= 0.3 is 0 Å². The highest BCUT2D eigenvalue weighted by Crippen LogP contribution is 2.11. The van der Waals surface area contributed by atoms with Crippen LogP contribution >= 0.6 is 0 Å². The van der Waals surface area contributed by atoms with E-state index < -0.39 is 0 Å². The molecule has 48 valence electrons. The van der Waals surface area contributed by atoms with E-state index in [0.717, 1.165) is 0 Å². The predicted octanol–water partition coefficient (Wildman–Crippen LogP) is 0.248. The molecule has 0 aliphatic carbocycles. The summed E-state index contributed by atoms with van der Waals surface area (Å²) < 4.78 is 0. The Bertz CT molecular complexity index is 155. The first-order valence-corrected chi connectivity index (χ1v) is 3.15. The summed E-state index contributed by atoms with van der Waals surface area (Å²) in [6.45, 7) is 4.31. The van der Waals surface area contributed by atoms with Crippen molar-refractivity contribution in [3.05, 3.63) is 24.4 Å². The minimum atomic E-state index is 0.184. The molecule has 0 bridgehead atoms. The number of hydrogen-bond acceptors (Lipinski definition) is 0. The fraction of sp³-hybridized carbons (Fsp3) is 0.375. The highest BCUT2D eigenvalue weighted by molar-refractivity contribution is 5.62. The molecule has 1 nitrogen and oxygen atoms in total. The second-order valence-corrected chi connectivity index (χ2v) is 2.85. The van der Waals surface area contributed by atoms with Gasteiger partial charge in [0.15, 0.2) is 12.4 Å². The van der Waals surface area contributed by atoms with Gasteiger partial charge in [0.2, 0.25) is 0 Å². The Morgan fingerprint density at radius 1 is 1.22 bits per heavy atom. The molecule has 0 unspecified atom stereocenters. The normalized spacial score (nSPS) is 22.0. The lowest BCUT2D eigenvalue weighted by Crippen LogP contribution is -2.63. The highest BCUT2D eigenvalue weighted by atomic mass is 14.7. The Balaban J connectivity index is 2.82. The standard InChI is InChI=1S/C8H11N/c1-8(2)5-3-4-6-9-7-8/h3-7H,1-2H3/p+1. The molecular formula is C8H12N+. The van der Waals surface area contributed by atoms with Crippen LogP contribution in [0.4, 0.5) is 0 Å². The monoisotopic (exact) mass is 122 g/mol. The maximum absolute atomic E-state index is 3.07. The smallest absolute Gasteiger partial charge is 0.166 e. The molecule has 0 radical (unpaired) electrons. The Kier molecular flexibility index (Phi) is 1.52. The van der Waals surface area contributed by atoms with E-state index >= 15 is 0 Å². The van der Waals surface area contributed by atoms with Gasteiger partial charge in [0.05, 0.1) is 5.41 Å². The maximum Gasteiger partial charge on any atom is 0.166 e. The molecule has 0 saturated carbocycles. The van der Waals surface area contributed by atoms with Gasteiger partial charge in [-0.15, -0.1) is 0 Å². The van der Waals surface area contributed by atoms with E-state index in [2.05, 4.69) is 37.2 Å². The van der Waals surface area contributed by atoms with Crippen molar-refractivity contribution in [1.82, 2.24) is 0 Å². The molecule has 0 aromatic heterocycles. The van der Waals surface area contributed by atoms with Gasteiger partial charge in [0.25, 0.3) is 0 Å². The van der Waals surface area contributed by atoms with Crippen molar-refractivity contribution in [2.45, 2.75) is 13.8 Å². The van der Waals surface area contributed by atoms with Crippen LogP contribution in [0.2, 0.25) is 0 Å². The van der Waals surface area contributed by atoms with E-state index in [4.69, 9.17) is 0 Å². The van der Waals surface area contributed by atoms with E-state index in [1.54, 1.807) is 0 Å². The molecule has 1 aliphatic rings. The van der Waals surface area contributed by atoms with Crippen LogP contribution < -0.4 is 4.99 Å². The second-order valence-electron chi connectivity index (χ2n) is 2.85. The average Bonchev–Trinajstić information content (AvgIpc) is 1.92. The SMILES string of the molecule is CC1(C)C=CC=C[NH+]=C1. The lowest BCUT2D eigenvalue weighted by atomic mass is 9.95. The lowest BCUT2D eigenvalue weighted by molar-refractivity contribution is -0.370. The number of rotatable bonds is 0. The molecule has 0 amide bonds. The zero-order valence-corrected chi connectivity index (χ0v) is 5.89. The van der Waals surface area contributed by atoms with Gasteiger partial charge in [-0.25, -0.2) is 4.99 Å². The second kappa shape index (κ2) is 2.18. The van der Waals surface area contributed by atoms with Gasteiger partial charge in [-0.3, -0.25) is 0 Å². The molecule has 0 atom stereocenters. The van der Waals surface area contributed by atoms with E-state index in [1.165, 1.54) is 0 Å². The first-order chi connectivity index (χ1) is 4.21. The van der Waals surface area contributed by atoms with Crippen LogP contribution in [0.15, 0.2) is 24.4 Å². The van der Waals surface area contributed by atoms with Crippen molar-refractivity contribution in [3.63, 3.8) is 0 Å². The third kappa shape index (κ3) is 1.84. The summed E-state index contributed by atoms with van der Waals surface area (Å²) in [4.78, 5) is 3.07. The molecular weight excluding hydrogens is 110 g/mol. The van der Waals surface area contributed by atoms with Crippen molar-refractivity contribution in [3.8, 4) is 0 Å². The molecule has 1 aliphatic heterocycles. The largest absolute Gasteiger partial charge is 0.221 e. The van der Waals surface area contributed by atoms with Crippen LogP contribution in [0.5, 0.6) is 0 Å². The summed E-state index contributed by atoms with van der Waals surface area (Å²) in [5.74, 6) is 0. The fourth-order valence-electron chi connectivity index (χ4n) is 0.726. The number of hydrogen-bond donors (Lipinski definition) is 1. The molecule has 0 fully saturated rings. The molecule has 0 spiro atoms. The van der Waals surface area contributed by atoms with E-state index in [0.29, 0.717) is 0 Å². The van der Waals surface area contributed by atoms with Crippen molar-refractivity contribution in [2.75, 3.05) is 0 Å². The molecule has 1 rings (SSSR count). The first-order valence-electron chi connectivity index (χ1n) is 3.15. The molecule has 1 N–H and O–H groups in total. The first kappa shape index (κ1) is 6.27. The van der Waals surface area contributed by atoms with Crippen LogP contribution in [0.25, 0.3) is 0 Å². The Morgan fingerprint density at radius 3 is 2.78 bits per heavy atom. The third-order valence-electron chi connectivity index (χ3n) is 1.28. The summed E-state index contributed by atoms with van der Waals surface area (Å²) in [6, 6.07) is 0. The van der Waals surface area contributed by atoms with Gasteiger partial charge in [-0.1, -0.05) is 12.2 Å². The van der Waals surface area contributed by atoms with Crippen LogP contribution in [0.3, 0.4) is 0 Å². The lowest BCUT2D eigenvalue weighted by Gasteiger charge is -2.06. The van der Waals surface area contributed by atoms with E-state index in [1.807, 2.05) is 12.3 Å². The molecule has 0 saturated heterocycles. The van der Waals surface area contributed by atoms with Gasteiger partial charge in [0.1, 0.15) is 0 Å². The fourth-order valence-corrected chi connectivity index (χ4v) is 0.726. The summed E-state index contributed by atoms with van der Waals surface area (Å²) in [7, 11) is 0. The maximum atomic E-state index is 3.07. The summed E-state index contributed by atoms with van der Waals surface area (Å²) in [6.07, 6.45) is 10.2. The summed E-state index contributed by atoms with van der Waals surface area (Å²) >= 11 is 0. The summed E-state index contributed by atoms with van der Waals surface area (Å²) in [5.41, 5.74) is 0.184. The zero-order chi connectivity index (χ0) is 6.74. The van der Waals surface area contributed by atoms with E-state index in [9.17, 15) is 0 Å². The minimum Gasteiger partial charge on any atom is -0.221 e. The molecule has 1 heteroatoms. The Hall–Kier alpha value is -0.850. The van der Waals surface area contributed by atoms with Crippen LogP contribution in [-0.4, -0.2) is 6.21 Å². The topological polar surface area (TPSA) is 14.0 Å². The van der Waals surface area contributed by atoms with Gasteiger partial charge in [0, 0.05) is 6.08 Å². The predicted molar refractivity (Wildman–Crippen MR) is 39.1 cm³/mol. The highest BCUT2D eigenvalue weighted by Gasteiger charge is 2.13. The molecule has 9 heavy (non-hydrogen) atoms. The number of allylic oxidation sites excluding steroid dienone is 3. The van der Waals surface area contributed by atoms with Crippen molar-refractivity contribution in [2.24, 2.45) is 5.41 Å². The van der Waals surface area contributed by atoms with Crippen LogP contribution in [-0.2, 0) is 0 Å². The van der Waals surface area contributed by atoms with E-state index in [-0.39, 0.29) is 5.41 Å². The minimum absolute atomic E-state index is 0.184. The zero-order valence-electron chi connectivity index (χ0n) is 5.89. The van der Waals surface area contributed by atoms with Crippen molar-refractivity contribution in [1.29, 1.82) is 0 Å². The van der Waals surface area contributed by atoms with Gasteiger partial charge < -0.3 is 0 Å². The van der Waals surface area contributed by atoms with Crippen LogP contribution in [0, 0.1) is 5.41 Å². The summed E-state index contributed by atoms with van der Waals surface area (Å²) in [5, 5.41) is 0. The Labute approximate surface area is 55.8 Å². The van der Waals surface area contributed by atoms with Gasteiger partial charge in [-0.05, 0) is 13.8 Å². The molecule has 1 heterocycles. The quantitative estimate of drug-likeness (QED) is 0.473.